The summed E-state index contributed by atoms with van der Waals surface area (Å²) in [5.74, 6) is 0.135. The molecule has 1 aromatic carbocycles. The number of nitrogens with zero attached hydrogens (tertiary/aromatic N) is 6. The molecule has 9 heteroatoms. The van der Waals surface area contributed by atoms with Crippen molar-refractivity contribution in [2.45, 2.75) is 19.6 Å². The van der Waals surface area contributed by atoms with E-state index in [-0.39, 0.29) is 17.9 Å². The van der Waals surface area contributed by atoms with Crippen LogP contribution in [0.25, 0.3) is 17.0 Å². The lowest BCUT2D eigenvalue weighted by molar-refractivity contribution is -0.137. The number of benzene rings is 1. The van der Waals surface area contributed by atoms with Crippen LogP contribution in [0, 0.1) is 6.92 Å². The third-order valence-electron chi connectivity index (χ3n) is 3.93. The van der Waals surface area contributed by atoms with E-state index in [2.05, 4.69) is 20.4 Å². The fourth-order valence-corrected chi connectivity index (χ4v) is 2.69. The first-order valence-corrected chi connectivity index (χ1v) is 7.79. The van der Waals surface area contributed by atoms with Crippen LogP contribution in [0.2, 0.25) is 0 Å². The number of halogens is 3. The van der Waals surface area contributed by atoms with E-state index in [4.69, 9.17) is 0 Å². The Labute approximate surface area is 145 Å². The Bertz CT molecular complexity index is 1080. The number of hydrogen-bond donors (Lipinski definition) is 0. The molecule has 0 amide bonds. The molecule has 3 aromatic heterocycles. The van der Waals surface area contributed by atoms with Gasteiger partial charge in [-0.3, -0.25) is 0 Å². The van der Waals surface area contributed by atoms with Gasteiger partial charge in [0.15, 0.2) is 0 Å². The quantitative estimate of drug-likeness (QED) is 0.563. The van der Waals surface area contributed by atoms with Gasteiger partial charge in [-0.2, -0.15) is 18.0 Å². The van der Waals surface area contributed by atoms with Crippen LogP contribution in [0.3, 0.4) is 0 Å². The summed E-state index contributed by atoms with van der Waals surface area (Å²) in [6.45, 7) is 2.23. The average Bonchev–Trinajstić information content (AvgIpc) is 3.22. The minimum atomic E-state index is -4.42. The molecule has 3 heterocycles. The maximum atomic E-state index is 12.8. The van der Waals surface area contributed by atoms with Crippen LogP contribution in [0.15, 0.2) is 48.8 Å². The SMILES string of the molecule is Cc1cccn2cc(Cn3nnc(-c4cccc(C(F)(F)F)c4)n3)nc12. The van der Waals surface area contributed by atoms with E-state index >= 15 is 0 Å². The Morgan fingerprint density at radius 3 is 2.73 bits per heavy atom. The highest BCUT2D eigenvalue weighted by Gasteiger charge is 2.30. The molecular formula is C17H13F3N6. The predicted molar refractivity (Wildman–Crippen MR) is 87.3 cm³/mol. The third kappa shape index (κ3) is 3.03. The van der Waals surface area contributed by atoms with Gasteiger partial charge < -0.3 is 4.40 Å². The third-order valence-corrected chi connectivity index (χ3v) is 3.93. The summed E-state index contributed by atoms with van der Waals surface area (Å²) in [4.78, 5) is 5.83. The summed E-state index contributed by atoms with van der Waals surface area (Å²) in [6, 6.07) is 8.75. The highest BCUT2D eigenvalue weighted by molar-refractivity contribution is 5.55. The summed E-state index contributed by atoms with van der Waals surface area (Å²) in [5.41, 5.74) is 2.11. The largest absolute Gasteiger partial charge is 0.416 e. The van der Waals surface area contributed by atoms with Gasteiger partial charge in [-0.05, 0) is 35.9 Å². The van der Waals surface area contributed by atoms with Crippen molar-refractivity contribution in [2.75, 3.05) is 0 Å². The number of hydrogen-bond acceptors (Lipinski definition) is 4. The van der Waals surface area contributed by atoms with Crippen molar-refractivity contribution in [3.63, 3.8) is 0 Å². The normalized spacial score (nSPS) is 12.0. The molecule has 0 spiro atoms. The van der Waals surface area contributed by atoms with Gasteiger partial charge in [0, 0.05) is 18.0 Å². The molecule has 0 saturated carbocycles. The molecule has 0 aliphatic heterocycles. The number of fused-ring (bicyclic) bond motifs is 1. The standard InChI is InChI=1S/C17H13F3N6/c1-11-4-3-7-25-9-14(21-16(11)25)10-26-23-15(22-24-26)12-5-2-6-13(8-12)17(18,19)20/h2-9H,10H2,1H3. The maximum absolute atomic E-state index is 12.8. The predicted octanol–water partition coefficient (Wildman–Crippen LogP) is 3.36. The lowest BCUT2D eigenvalue weighted by atomic mass is 10.1. The number of imidazole rings is 1. The van der Waals surface area contributed by atoms with Crippen LogP contribution in [0.5, 0.6) is 0 Å². The van der Waals surface area contributed by atoms with Gasteiger partial charge in [0.05, 0.1) is 11.3 Å². The van der Waals surface area contributed by atoms with Crippen molar-refractivity contribution in [3.8, 4) is 11.4 Å². The zero-order valence-corrected chi connectivity index (χ0v) is 13.6. The summed E-state index contributed by atoms with van der Waals surface area (Å²) in [7, 11) is 0. The minimum Gasteiger partial charge on any atom is -0.307 e. The minimum absolute atomic E-state index is 0.135. The second-order valence-corrected chi connectivity index (χ2v) is 5.88. The molecule has 0 fully saturated rings. The van der Waals surface area contributed by atoms with Crippen molar-refractivity contribution < 1.29 is 13.2 Å². The number of aromatic nitrogens is 6. The second kappa shape index (κ2) is 5.94. The van der Waals surface area contributed by atoms with Crippen LogP contribution in [-0.2, 0) is 12.7 Å². The molecule has 0 radical (unpaired) electrons. The average molecular weight is 358 g/mol. The van der Waals surface area contributed by atoms with E-state index in [0.717, 1.165) is 29.0 Å². The number of alkyl halides is 3. The summed E-state index contributed by atoms with van der Waals surface area (Å²) < 4.78 is 40.4. The first-order valence-electron chi connectivity index (χ1n) is 7.79. The van der Waals surface area contributed by atoms with Crippen molar-refractivity contribution in [2.24, 2.45) is 0 Å². The zero-order valence-electron chi connectivity index (χ0n) is 13.6. The van der Waals surface area contributed by atoms with E-state index in [1.165, 1.54) is 16.9 Å². The number of rotatable bonds is 3. The van der Waals surface area contributed by atoms with Gasteiger partial charge >= 0.3 is 6.18 Å². The first kappa shape index (κ1) is 16.2. The van der Waals surface area contributed by atoms with Gasteiger partial charge in [-0.25, -0.2) is 4.98 Å². The van der Waals surface area contributed by atoms with Gasteiger partial charge in [0.2, 0.25) is 5.82 Å². The Morgan fingerprint density at radius 1 is 1.12 bits per heavy atom. The Balaban J connectivity index is 1.61. The van der Waals surface area contributed by atoms with Gasteiger partial charge in [0.25, 0.3) is 0 Å². The van der Waals surface area contributed by atoms with E-state index < -0.39 is 11.7 Å². The van der Waals surface area contributed by atoms with E-state index in [1.807, 2.05) is 35.9 Å². The van der Waals surface area contributed by atoms with E-state index in [0.29, 0.717) is 0 Å². The first-order chi connectivity index (χ1) is 12.4. The molecule has 0 aliphatic rings. The molecule has 6 nitrogen and oxygen atoms in total. The maximum Gasteiger partial charge on any atom is 0.416 e. The molecule has 0 atom stereocenters. The van der Waals surface area contributed by atoms with E-state index in [1.54, 1.807) is 0 Å². The topological polar surface area (TPSA) is 60.9 Å². The smallest absolute Gasteiger partial charge is 0.307 e. The lowest BCUT2D eigenvalue weighted by Crippen LogP contribution is -2.05. The monoisotopic (exact) mass is 358 g/mol. The van der Waals surface area contributed by atoms with Crippen LogP contribution < -0.4 is 0 Å². The summed E-state index contributed by atoms with van der Waals surface area (Å²) in [6.07, 6.45) is -0.669. The highest BCUT2D eigenvalue weighted by Crippen LogP contribution is 2.31. The number of pyridine rings is 1. The molecule has 0 aliphatic carbocycles. The number of aryl methyl sites for hydroxylation is 1. The Hall–Kier alpha value is -3.23. The Kier molecular flexibility index (Phi) is 3.71. The lowest BCUT2D eigenvalue weighted by Gasteiger charge is -2.06. The van der Waals surface area contributed by atoms with Gasteiger partial charge in [-0.15, -0.1) is 10.2 Å². The van der Waals surface area contributed by atoms with E-state index in [9.17, 15) is 13.2 Å². The molecule has 0 unspecified atom stereocenters. The molecule has 4 rings (SSSR count). The van der Waals surface area contributed by atoms with Crippen molar-refractivity contribution >= 4 is 5.65 Å². The molecule has 0 N–H and O–H groups in total. The Morgan fingerprint density at radius 2 is 1.96 bits per heavy atom. The zero-order chi connectivity index (χ0) is 18.3. The summed E-state index contributed by atoms with van der Waals surface area (Å²) in [5, 5.41) is 11.9. The fraction of sp³-hybridized carbons (Fsp3) is 0.176. The van der Waals surface area contributed by atoms with Crippen molar-refractivity contribution in [3.05, 3.63) is 65.6 Å². The number of tetrazole rings is 1. The van der Waals surface area contributed by atoms with Crippen LogP contribution in [-0.4, -0.2) is 29.6 Å². The molecule has 132 valence electrons. The molecule has 0 saturated heterocycles. The van der Waals surface area contributed by atoms with Crippen LogP contribution in [0.4, 0.5) is 13.2 Å². The molecule has 0 bridgehead atoms. The highest BCUT2D eigenvalue weighted by atomic mass is 19.4. The van der Waals surface area contributed by atoms with Crippen molar-refractivity contribution in [1.82, 2.24) is 29.6 Å². The van der Waals surface area contributed by atoms with Gasteiger partial charge in [-0.1, -0.05) is 18.2 Å². The molecule has 4 aromatic rings. The molecule has 26 heavy (non-hydrogen) atoms. The summed E-state index contributed by atoms with van der Waals surface area (Å²) >= 11 is 0. The second-order valence-electron chi connectivity index (χ2n) is 5.88. The van der Waals surface area contributed by atoms with Gasteiger partial charge in [0.1, 0.15) is 12.2 Å². The van der Waals surface area contributed by atoms with Crippen LogP contribution in [0.1, 0.15) is 16.8 Å². The van der Waals surface area contributed by atoms with Crippen LogP contribution >= 0.6 is 0 Å². The fourth-order valence-electron chi connectivity index (χ4n) is 2.69. The van der Waals surface area contributed by atoms with Crippen molar-refractivity contribution in [1.29, 1.82) is 0 Å². The molecular weight excluding hydrogens is 345 g/mol.